The Bertz CT molecular complexity index is 500. The molecule has 0 aromatic heterocycles. The third kappa shape index (κ3) is 2.70. The van der Waals surface area contributed by atoms with Gasteiger partial charge < -0.3 is 4.74 Å². The van der Waals surface area contributed by atoms with Crippen LogP contribution in [0.3, 0.4) is 0 Å². The van der Waals surface area contributed by atoms with E-state index in [0.717, 1.165) is 10.2 Å². The van der Waals surface area contributed by atoms with Gasteiger partial charge in [0.1, 0.15) is 11.5 Å². The van der Waals surface area contributed by atoms with Gasteiger partial charge in [0.2, 0.25) is 0 Å². The van der Waals surface area contributed by atoms with Crippen LogP contribution in [0.15, 0.2) is 46.9 Å². The molecule has 16 heavy (non-hydrogen) atoms. The fraction of sp³-hybridized carbons (Fsp3) is 0. The highest BCUT2D eigenvalue weighted by Crippen LogP contribution is 2.36. The fourth-order valence-electron chi connectivity index (χ4n) is 1.20. The Morgan fingerprint density at radius 3 is 2.31 bits per heavy atom. The maximum Gasteiger partial charge on any atom is 0.147 e. The Morgan fingerprint density at radius 2 is 1.62 bits per heavy atom. The predicted molar refractivity (Wildman–Crippen MR) is 70.7 cm³/mol. The Morgan fingerprint density at radius 1 is 0.938 bits per heavy atom. The fourth-order valence-corrected chi connectivity index (χ4v) is 2.03. The van der Waals surface area contributed by atoms with Gasteiger partial charge in [-0.1, -0.05) is 41.4 Å². The maximum absolute atomic E-state index is 6.04. The highest BCUT2D eigenvalue weighted by atomic mass is 79.9. The summed E-state index contributed by atoms with van der Waals surface area (Å²) < 4.78 is 6.36. The molecule has 0 heterocycles. The van der Waals surface area contributed by atoms with E-state index >= 15 is 0 Å². The van der Waals surface area contributed by atoms with E-state index < -0.39 is 0 Å². The molecular weight excluding hydrogens is 311 g/mol. The average Bonchev–Trinajstić information content (AvgIpc) is 2.27. The van der Waals surface area contributed by atoms with Crippen molar-refractivity contribution in [3.63, 3.8) is 0 Å². The molecular formula is C12H7BrCl2O. The summed E-state index contributed by atoms with van der Waals surface area (Å²) >= 11 is 15.3. The monoisotopic (exact) mass is 316 g/mol. The summed E-state index contributed by atoms with van der Waals surface area (Å²) in [5.74, 6) is 1.27. The molecule has 0 spiro atoms. The summed E-state index contributed by atoms with van der Waals surface area (Å²) in [6.07, 6.45) is 0. The number of hydrogen-bond acceptors (Lipinski definition) is 1. The van der Waals surface area contributed by atoms with Crippen LogP contribution >= 0.6 is 39.1 Å². The Labute approximate surface area is 112 Å². The van der Waals surface area contributed by atoms with Crippen molar-refractivity contribution < 1.29 is 4.74 Å². The molecule has 2 rings (SSSR count). The second-order valence-electron chi connectivity index (χ2n) is 3.11. The smallest absolute Gasteiger partial charge is 0.147 e. The highest BCUT2D eigenvalue weighted by Gasteiger charge is 2.07. The normalized spacial score (nSPS) is 10.2. The number of ether oxygens (including phenoxy) is 1. The van der Waals surface area contributed by atoms with Crippen LogP contribution < -0.4 is 4.74 Å². The van der Waals surface area contributed by atoms with Crippen LogP contribution in [0.5, 0.6) is 11.5 Å². The minimum Gasteiger partial charge on any atom is -0.456 e. The molecule has 2 aromatic carbocycles. The van der Waals surface area contributed by atoms with Gasteiger partial charge in [-0.05, 0) is 34.1 Å². The molecule has 0 saturated heterocycles. The molecule has 0 atom stereocenters. The minimum absolute atomic E-state index is 0.514. The first-order chi connectivity index (χ1) is 7.66. The quantitative estimate of drug-likeness (QED) is 0.660. The standard InChI is InChI=1S/C12H7BrCl2O/c13-9-6-11(15)12(7-10(9)14)16-8-4-2-1-3-5-8/h1-7H. The van der Waals surface area contributed by atoms with Gasteiger partial charge >= 0.3 is 0 Å². The van der Waals surface area contributed by atoms with Gasteiger partial charge in [0.15, 0.2) is 0 Å². The van der Waals surface area contributed by atoms with Crippen LogP contribution in [0, 0.1) is 0 Å². The summed E-state index contributed by atoms with van der Waals surface area (Å²) in [7, 11) is 0. The summed E-state index contributed by atoms with van der Waals surface area (Å²) in [4.78, 5) is 0. The van der Waals surface area contributed by atoms with Crippen molar-refractivity contribution >= 4 is 39.1 Å². The molecule has 0 aliphatic rings. The molecule has 0 radical (unpaired) electrons. The van der Waals surface area contributed by atoms with Crippen LogP contribution in [-0.4, -0.2) is 0 Å². The lowest BCUT2D eigenvalue weighted by molar-refractivity contribution is 0.483. The minimum atomic E-state index is 0.514. The molecule has 2 aromatic rings. The topological polar surface area (TPSA) is 9.23 Å². The molecule has 82 valence electrons. The van der Waals surface area contributed by atoms with E-state index in [4.69, 9.17) is 27.9 Å². The van der Waals surface area contributed by atoms with E-state index in [1.165, 1.54) is 0 Å². The van der Waals surface area contributed by atoms with Gasteiger partial charge in [0.25, 0.3) is 0 Å². The van der Waals surface area contributed by atoms with E-state index in [1.54, 1.807) is 12.1 Å². The number of rotatable bonds is 2. The lowest BCUT2D eigenvalue weighted by Gasteiger charge is -2.08. The van der Waals surface area contributed by atoms with Gasteiger partial charge in [-0.15, -0.1) is 0 Å². The summed E-state index contributed by atoms with van der Waals surface area (Å²) in [5.41, 5.74) is 0. The van der Waals surface area contributed by atoms with Crippen molar-refractivity contribution in [3.05, 3.63) is 57.0 Å². The first-order valence-electron chi connectivity index (χ1n) is 4.54. The molecule has 1 nitrogen and oxygen atoms in total. The van der Waals surface area contributed by atoms with Crippen molar-refractivity contribution in [2.24, 2.45) is 0 Å². The average molecular weight is 318 g/mol. The zero-order valence-corrected chi connectivity index (χ0v) is 11.2. The predicted octanol–water partition coefficient (Wildman–Crippen LogP) is 5.55. The lowest BCUT2D eigenvalue weighted by atomic mass is 10.3. The zero-order chi connectivity index (χ0) is 11.5. The van der Waals surface area contributed by atoms with Crippen molar-refractivity contribution in [2.75, 3.05) is 0 Å². The van der Waals surface area contributed by atoms with Gasteiger partial charge in [-0.3, -0.25) is 0 Å². The first kappa shape index (κ1) is 11.8. The van der Waals surface area contributed by atoms with Gasteiger partial charge in [-0.25, -0.2) is 0 Å². The molecule has 0 N–H and O–H groups in total. The molecule has 0 bridgehead atoms. The summed E-state index contributed by atoms with van der Waals surface area (Å²) in [6, 6.07) is 12.8. The van der Waals surface area contributed by atoms with E-state index in [-0.39, 0.29) is 0 Å². The molecule has 0 saturated carbocycles. The second kappa shape index (κ2) is 5.09. The molecule has 0 aliphatic heterocycles. The van der Waals surface area contributed by atoms with Crippen LogP contribution in [0.4, 0.5) is 0 Å². The van der Waals surface area contributed by atoms with Crippen molar-refractivity contribution in [3.8, 4) is 11.5 Å². The lowest BCUT2D eigenvalue weighted by Crippen LogP contribution is -1.85. The zero-order valence-electron chi connectivity index (χ0n) is 8.08. The van der Waals surface area contributed by atoms with Crippen molar-refractivity contribution in [1.29, 1.82) is 0 Å². The Hall–Kier alpha value is -0.700. The number of hydrogen-bond donors (Lipinski definition) is 0. The van der Waals surface area contributed by atoms with Gasteiger partial charge in [0, 0.05) is 10.5 Å². The van der Waals surface area contributed by atoms with Crippen LogP contribution in [-0.2, 0) is 0 Å². The second-order valence-corrected chi connectivity index (χ2v) is 4.78. The van der Waals surface area contributed by atoms with Crippen LogP contribution in [0.25, 0.3) is 0 Å². The van der Waals surface area contributed by atoms with E-state index in [2.05, 4.69) is 15.9 Å². The molecule has 0 aliphatic carbocycles. The molecule has 0 amide bonds. The number of para-hydroxylation sites is 1. The molecule has 4 heteroatoms. The Kier molecular flexibility index (Phi) is 3.74. The SMILES string of the molecule is Clc1cc(Oc2ccccc2)c(Cl)cc1Br. The summed E-state index contributed by atoms with van der Waals surface area (Å²) in [5, 5.41) is 1.08. The van der Waals surface area contributed by atoms with E-state index in [1.807, 2.05) is 30.3 Å². The van der Waals surface area contributed by atoms with Crippen LogP contribution in [0.2, 0.25) is 10.0 Å². The summed E-state index contributed by atoms with van der Waals surface area (Å²) in [6.45, 7) is 0. The van der Waals surface area contributed by atoms with Crippen molar-refractivity contribution in [2.45, 2.75) is 0 Å². The van der Waals surface area contributed by atoms with E-state index in [0.29, 0.717) is 15.8 Å². The largest absolute Gasteiger partial charge is 0.456 e. The molecule has 0 unspecified atom stereocenters. The van der Waals surface area contributed by atoms with Crippen LogP contribution in [0.1, 0.15) is 0 Å². The van der Waals surface area contributed by atoms with Gasteiger partial charge in [0.05, 0.1) is 10.0 Å². The highest BCUT2D eigenvalue weighted by molar-refractivity contribution is 9.10. The van der Waals surface area contributed by atoms with Gasteiger partial charge in [-0.2, -0.15) is 0 Å². The van der Waals surface area contributed by atoms with Crippen molar-refractivity contribution in [1.82, 2.24) is 0 Å². The number of halogens is 3. The number of benzene rings is 2. The molecule has 0 fully saturated rings. The third-order valence-corrected chi connectivity index (χ3v) is 3.44. The Balaban J connectivity index is 2.32. The maximum atomic E-state index is 6.04. The first-order valence-corrected chi connectivity index (χ1v) is 6.09. The van der Waals surface area contributed by atoms with E-state index in [9.17, 15) is 0 Å². The third-order valence-electron chi connectivity index (χ3n) is 1.95.